The van der Waals surface area contributed by atoms with Gasteiger partial charge in [0.05, 0.1) is 17.6 Å². The van der Waals surface area contributed by atoms with Gasteiger partial charge in [-0.25, -0.2) is 27.3 Å². The topological polar surface area (TPSA) is 78.6 Å². The van der Waals surface area contributed by atoms with E-state index in [1.54, 1.807) is 0 Å². The van der Waals surface area contributed by atoms with E-state index in [2.05, 4.69) is 10.3 Å². The molecule has 0 fully saturated rings. The summed E-state index contributed by atoms with van der Waals surface area (Å²) in [6.07, 6.45) is 1.14. The van der Waals surface area contributed by atoms with E-state index in [0.717, 1.165) is 29.2 Å². The molecule has 10 heteroatoms. The summed E-state index contributed by atoms with van der Waals surface area (Å²) in [5.74, 6) is -3.66. The van der Waals surface area contributed by atoms with Crippen LogP contribution in [0, 0.1) is 23.3 Å². The number of aliphatic hydroxyl groups is 1. The van der Waals surface area contributed by atoms with Gasteiger partial charge < -0.3 is 14.8 Å². The summed E-state index contributed by atoms with van der Waals surface area (Å²) in [5, 5.41) is 12.6. The SMILES string of the molecule is CC(C)(O)Cc1nc(C2=CN(c3c(F)cccc3F)C(=O)NC2)c(-c2ccc(F)cc2F)o1. The molecule has 0 unspecified atom stereocenters. The van der Waals surface area contributed by atoms with Crippen molar-refractivity contribution in [1.29, 1.82) is 0 Å². The Morgan fingerprint density at radius 2 is 1.82 bits per heavy atom. The Hall–Kier alpha value is -3.66. The van der Waals surface area contributed by atoms with Crippen LogP contribution < -0.4 is 10.2 Å². The largest absolute Gasteiger partial charge is 0.440 e. The minimum absolute atomic E-state index is 0.0336. The molecule has 6 nitrogen and oxygen atoms in total. The molecule has 2 amide bonds. The molecular formula is C23H19F4N3O3. The highest BCUT2D eigenvalue weighted by Gasteiger charge is 2.30. The molecule has 2 heterocycles. The van der Waals surface area contributed by atoms with E-state index in [1.165, 1.54) is 26.1 Å². The molecule has 2 aromatic carbocycles. The fourth-order valence-electron chi connectivity index (χ4n) is 3.43. The smallest absolute Gasteiger partial charge is 0.326 e. The molecule has 1 aromatic heterocycles. The maximum absolute atomic E-state index is 14.6. The predicted molar refractivity (Wildman–Crippen MR) is 112 cm³/mol. The van der Waals surface area contributed by atoms with Crippen molar-refractivity contribution in [1.82, 2.24) is 10.3 Å². The minimum Gasteiger partial charge on any atom is -0.440 e. The molecule has 0 atom stereocenters. The summed E-state index contributed by atoms with van der Waals surface area (Å²) in [7, 11) is 0. The molecule has 0 bridgehead atoms. The third kappa shape index (κ3) is 4.61. The number of aromatic nitrogens is 1. The summed E-state index contributed by atoms with van der Waals surface area (Å²) >= 11 is 0. The molecule has 0 saturated heterocycles. The first-order chi connectivity index (χ1) is 15.5. The number of benzene rings is 2. The normalized spacial score (nSPS) is 14.3. The Bertz CT molecular complexity index is 1240. The lowest BCUT2D eigenvalue weighted by molar-refractivity contribution is 0.0739. The van der Waals surface area contributed by atoms with Crippen molar-refractivity contribution in [3.63, 3.8) is 0 Å². The number of nitrogens with zero attached hydrogens (tertiary/aromatic N) is 2. The third-order valence-corrected chi connectivity index (χ3v) is 4.85. The van der Waals surface area contributed by atoms with E-state index < -0.39 is 40.6 Å². The molecule has 0 saturated carbocycles. The van der Waals surface area contributed by atoms with Gasteiger partial charge in [0.15, 0.2) is 11.7 Å². The number of anilines is 1. The fraction of sp³-hybridized carbons (Fsp3) is 0.217. The lowest BCUT2D eigenvalue weighted by Crippen LogP contribution is -2.42. The maximum atomic E-state index is 14.6. The summed E-state index contributed by atoms with van der Waals surface area (Å²) in [5.41, 5.74) is -1.59. The van der Waals surface area contributed by atoms with Gasteiger partial charge in [-0.15, -0.1) is 0 Å². The lowest BCUT2D eigenvalue weighted by Gasteiger charge is -2.26. The van der Waals surface area contributed by atoms with Gasteiger partial charge in [0.1, 0.15) is 34.7 Å². The van der Waals surface area contributed by atoms with Crippen molar-refractivity contribution in [2.24, 2.45) is 0 Å². The van der Waals surface area contributed by atoms with E-state index in [1.807, 2.05) is 0 Å². The summed E-state index contributed by atoms with van der Waals surface area (Å²) < 4.78 is 62.4. The van der Waals surface area contributed by atoms with Crippen LogP contribution in [0.5, 0.6) is 0 Å². The Balaban J connectivity index is 1.87. The Morgan fingerprint density at radius 1 is 1.12 bits per heavy atom. The number of amides is 2. The van der Waals surface area contributed by atoms with E-state index in [0.29, 0.717) is 6.07 Å². The number of carbonyl (C=O) groups is 1. The molecule has 0 radical (unpaired) electrons. The quantitative estimate of drug-likeness (QED) is 0.536. The molecule has 33 heavy (non-hydrogen) atoms. The Morgan fingerprint density at radius 3 is 2.45 bits per heavy atom. The van der Waals surface area contributed by atoms with E-state index >= 15 is 0 Å². The van der Waals surface area contributed by atoms with Crippen molar-refractivity contribution in [3.05, 3.63) is 77.5 Å². The molecule has 4 rings (SSSR count). The zero-order valence-electron chi connectivity index (χ0n) is 17.6. The first-order valence-corrected chi connectivity index (χ1v) is 9.93. The van der Waals surface area contributed by atoms with Crippen LogP contribution in [0.2, 0.25) is 0 Å². The highest BCUT2D eigenvalue weighted by Crippen LogP contribution is 2.35. The standard InChI is InChI=1S/C23H19F4N3O3/c1-23(2,32)9-18-29-19(21(33-18)14-7-6-13(24)8-17(14)27)12-10-28-22(31)30(11-12)20-15(25)4-3-5-16(20)26/h3-8,11,32H,9-10H2,1-2H3,(H,28,31). The number of halogens is 4. The molecule has 1 aliphatic rings. The van der Waals surface area contributed by atoms with Crippen LogP contribution in [0.15, 0.2) is 47.0 Å². The summed E-state index contributed by atoms with van der Waals surface area (Å²) in [6, 6.07) is 5.27. The highest BCUT2D eigenvalue weighted by atomic mass is 19.1. The van der Waals surface area contributed by atoms with Crippen molar-refractivity contribution < 1.29 is 31.9 Å². The average Bonchev–Trinajstić information content (AvgIpc) is 3.10. The number of nitrogens with one attached hydrogen (secondary N) is 1. The van der Waals surface area contributed by atoms with Gasteiger partial charge in [-0.2, -0.15) is 0 Å². The van der Waals surface area contributed by atoms with E-state index in [4.69, 9.17) is 4.42 Å². The lowest BCUT2D eigenvalue weighted by atomic mass is 10.0. The van der Waals surface area contributed by atoms with Crippen LogP contribution in [0.1, 0.15) is 25.4 Å². The van der Waals surface area contributed by atoms with Crippen molar-refractivity contribution in [3.8, 4) is 11.3 Å². The first-order valence-electron chi connectivity index (χ1n) is 9.93. The molecule has 1 aliphatic heterocycles. The average molecular weight is 461 g/mol. The molecular weight excluding hydrogens is 442 g/mol. The molecule has 3 aromatic rings. The van der Waals surface area contributed by atoms with Gasteiger partial charge in [-0.3, -0.25) is 4.90 Å². The molecule has 2 N–H and O–H groups in total. The molecule has 172 valence electrons. The number of oxazole rings is 1. The second kappa shape index (κ2) is 8.36. The van der Waals surface area contributed by atoms with Gasteiger partial charge >= 0.3 is 6.03 Å². The second-order valence-electron chi connectivity index (χ2n) is 8.15. The number of rotatable bonds is 5. The van der Waals surface area contributed by atoms with Crippen molar-refractivity contribution >= 4 is 17.3 Å². The van der Waals surface area contributed by atoms with Gasteiger partial charge in [-0.1, -0.05) is 6.07 Å². The molecule has 0 spiro atoms. The number of hydrogen-bond acceptors (Lipinski definition) is 4. The highest BCUT2D eigenvalue weighted by molar-refractivity contribution is 5.99. The van der Waals surface area contributed by atoms with Crippen LogP contribution in [0.25, 0.3) is 16.9 Å². The van der Waals surface area contributed by atoms with Crippen LogP contribution in [0.3, 0.4) is 0 Å². The number of urea groups is 1. The van der Waals surface area contributed by atoms with E-state index in [-0.39, 0.29) is 41.4 Å². The Kier molecular flexibility index (Phi) is 5.71. The number of carbonyl (C=O) groups excluding carboxylic acids is 1. The first kappa shape index (κ1) is 22.5. The minimum atomic E-state index is -1.21. The summed E-state index contributed by atoms with van der Waals surface area (Å²) in [6.45, 7) is 2.95. The van der Waals surface area contributed by atoms with Gasteiger partial charge in [0.25, 0.3) is 0 Å². The van der Waals surface area contributed by atoms with Crippen molar-refractivity contribution in [2.75, 3.05) is 11.4 Å². The summed E-state index contributed by atoms with van der Waals surface area (Å²) in [4.78, 5) is 17.5. The number of para-hydroxylation sites is 1. The predicted octanol–water partition coefficient (Wildman–Crippen LogP) is 4.78. The van der Waals surface area contributed by atoms with Gasteiger partial charge in [-0.05, 0) is 38.1 Å². The van der Waals surface area contributed by atoms with Crippen LogP contribution in [-0.4, -0.2) is 28.3 Å². The van der Waals surface area contributed by atoms with Crippen LogP contribution in [0.4, 0.5) is 28.0 Å². The van der Waals surface area contributed by atoms with E-state index in [9.17, 15) is 27.5 Å². The Labute approximate surface area is 186 Å². The van der Waals surface area contributed by atoms with Crippen LogP contribution >= 0.6 is 0 Å². The zero-order chi connectivity index (χ0) is 23.9. The monoisotopic (exact) mass is 461 g/mol. The molecule has 0 aliphatic carbocycles. The second-order valence-corrected chi connectivity index (χ2v) is 8.15. The number of hydrogen-bond donors (Lipinski definition) is 2. The van der Waals surface area contributed by atoms with Gasteiger partial charge in [0.2, 0.25) is 0 Å². The van der Waals surface area contributed by atoms with Crippen LogP contribution in [-0.2, 0) is 6.42 Å². The maximum Gasteiger partial charge on any atom is 0.326 e. The third-order valence-electron chi connectivity index (χ3n) is 4.85. The van der Waals surface area contributed by atoms with Gasteiger partial charge in [0, 0.05) is 24.4 Å². The zero-order valence-corrected chi connectivity index (χ0v) is 17.6. The van der Waals surface area contributed by atoms with Crippen molar-refractivity contribution in [2.45, 2.75) is 25.9 Å². The fourth-order valence-corrected chi connectivity index (χ4v) is 3.43.